The predicted molar refractivity (Wildman–Crippen MR) is 74.3 cm³/mol. The summed E-state index contributed by atoms with van der Waals surface area (Å²) in [6.07, 6.45) is 8.41. The molecule has 1 aliphatic rings. The number of halogens is 1. The molecule has 0 atom stereocenters. The quantitative estimate of drug-likeness (QED) is 0.822. The average molecular weight is 263 g/mol. The Hall–Kier alpha value is -0.280. The van der Waals surface area contributed by atoms with E-state index in [1.165, 1.54) is 32.1 Å². The maximum absolute atomic E-state index is 11.9. The molecule has 0 aliphatic heterocycles. The Bertz CT molecular complexity index is 218. The van der Waals surface area contributed by atoms with Crippen LogP contribution in [0.5, 0.6) is 0 Å². The van der Waals surface area contributed by atoms with Crippen LogP contribution >= 0.6 is 12.4 Å². The molecule has 0 aromatic carbocycles. The molecule has 0 aromatic rings. The summed E-state index contributed by atoms with van der Waals surface area (Å²) < 4.78 is 0. The highest BCUT2D eigenvalue weighted by Gasteiger charge is 2.20. The van der Waals surface area contributed by atoms with Crippen LogP contribution in [0.1, 0.15) is 58.8 Å². The molecule has 4 heteroatoms. The van der Waals surface area contributed by atoms with Gasteiger partial charge in [-0.3, -0.25) is 4.79 Å². The highest BCUT2D eigenvalue weighted by molar-refractivity contribution is 5.85. The van der Waals surface area contributed by atoms with Gasteiger partial charge < -0.3 is 11.1 Å². The van der Waals surface area contributed by atoms with Crippen LogP contribution in [0.4, 0.5) is 0 Å². The molecule has 1 saturated carbocycles. The third kappa shape index (κ3) is 7.61. The molecule has 17 heavy (non-hydrogen) atoms. The van der Waals surface area contributed by atoms with Gasteiger partial charge in [0.1, 0.15) is 0 Å². The Morgan fingerprint density at radius 2 is 1.65 bits per heavy atom. The van der Waals surface area contributed by atoms with Crippen molar-refractivity contribution in [1.82, 2.24) is 5.32 Å². The first kappa shape index (κ1) is 16.7. The lowest BCUT2D eigenvalue weighted by atomic mass is 9.90. The zero-order chi connectivity index (χ0) is 12.0. The van der Waals surface area contributed by atoms with E-state index in [-0.39, 0.29) is 29.8 Å². The van der Waals surface area contributed by atoms with E-state index in [0.717, 1.165) is 12.8 Å². The molecule has 3 N–H and O–H groups in total. The van der Waals surface area contributed by atoms with Crippen molar-refractivity contribution < 1.29 is 4.79 Å². The highest BCUT2D eigenvalue weighted by Crippen LogP contribution is 2.22. The van der Waals surface area contributed by atoms with E-state index in [1.807, 2.05) is 13.8 Å². The number of hydrogen-bond donors (Lipinski definition) is 2. The Balaban J connectivity index is 0.00000256. The molecular formula is C13H27ClN2O. The van der Waals surface area contributed by atoms with Crippen molar-refractivity contribution in [3.8, 4) is 0 Å². The maximum Gasteiger partial charge on any atom is 0.223 e. The molecule has 0 radical (unpaired) electrons. The van der Waals surface area contributed by atoms with Crippen LogP contribution < -0.4 is 11.1 Å². The fourth-order valence-electron chi connectivity index (χ4n) is 2.18. The summed E-state index contributed by atoms with van der Waals surface area (Å²) >= 11 is 0. The van der Waals surface area contributed by atoms with Crippen molar-refractivity contribution in [3.05, 3.63) is 0 Å². The zero-order valence-corrected chi connectivity index (χ0v) is 11.9. The van der Waals surface area contributed by atoms with Gasteiger partial charge in [0, 0.05) is 18.0 Å². The average Bonchev–Trinajstić information content (AvgIpc) is 2.12. The number of rotatable bonds is 3. The Labute approximate surface area is 111 Å². The van der Waals surface area contributed by atoms with Crippen LogP contribution in [-0.2, 0) is 4.79 Å². The van der Waals surface area contributed by atoms with E-state index < -0.39 is 0 Å². The van der Waals surface area contributed by atoms with E-state index in [2.05, 4.69) is 5.32 Å². The van der Waals surface area contributed by atoms with E-state index >= 15 is 0 Å². The molecule has 0 unspecified atom stereocenters. The van der Waals surface area contributed by atoms with Crippen molar-refractivity contribution in [2.45, 2.75) is 64.3 Å². The van der Waals surface area contributed by atoms with Gasteiger partial charge in [0.15, 0.2) is 0 Å². The van der Waals surface area contributed by atoms with Crippen LogP contribution in [-0.4, -0.2) is 18.0 Å². The van der Waals surface area contributed by atoms with Crippen LogP contribution in [0.3, 0.4) is 0 Å². The summed E-state index contributed by atoms with van der Waals surface area (Å²) in [5.74, 6) is 0.433. The number of carbonyl (C=O) groups is 1. The first-order valence-electron chi connectivity index (χ1n) is 6.56. The second-order valence-corrected chi connectivity index (χ2v) is 5.75. The van der Waals surface area contributed by atoms with Crippen LogP contribution in [0.25, 0.3) is 0 Å². The number of hydrogen-bond acceptors (Lipinski definition) is 2. The summed E-state index contributed by atoms with van der Waals surface area (Å²) in [4.78, 5) is 11.9. The standard InChI is InChI=1S/C13H26N2O.ClH/c1-13(2,14)10-15-12(16)11-8-6-4-3-5-7-9-11;/h11H,3-10,14H2,1-2H3,(H,15,16);1H. The van der Waals surface area contributed by atoms with Gasteiger partial charge in [-0.2, -0.15) is 0 Å². The number of nitrogens with one attached hydrogen (secondary N) is 1. The molecule has 0 spiro atoms. The first-order valence-corrected chi connectivity index (χ1v) is 6.56. The molecular weight excluding hydrogens is 236 g/mol. The van der Waals surface area contributed by atoms with Crippen molar-refractivity contribution in [2.75, 3.05) is 6.54 Å². The predicted octanol–water partition coefficient (Wildman–Crippen LogP) is 2.62. The van der Waals surface area contributed by atoms with Gasteiger partial charge in [0.25, 0.3) is 0 Å². The van der Waals surface area contributed by atoms with Crippen LogP contribution in [0.2, 0.25) is 0 Å². The van der Waals surface area contributed by atoms with E-state index in [0.29, 0.717) is 6.54 Å². The number of nitrogens with two attached hydrogens (primary N) is 1. The molecule has 3 nitrogen and oxygen atoms in total. The Kier molecular flexibility index (Phi) is 7.80. The molecule has 0 saturated heterocycles. The second kappa shape index (κ2) is 7.93. The van der Waals surface area contributed by atoms with Crippen LogP contribution in [0, 0.1) is 5.92 Å². The second-order valence-electron chi connectivity index (χ2n) is 5.75. The monoisotopic (exact) mass is 262 g/mol. The minimum atomic E-state index is -0.308. The van der Waals surface area contributed by atoms with Crippen LogP contribution in [0.15, 0.2) is 0 Å². The van der Waals surface area contributed by atoms with E-state index in [1.54, 1.807) is 0 Å². The van der Waals surface area contributed by atoms with Crippen molar-refractivity contribution in [1.29, 1.82) is 0 Å². The lowest BCUT2D eigenvalue weighted by Crippen LogP contribution is -2.46. The van der Waals surface area contributed by atoms with Gasteiger partial charge in [0.05, 0.1) is 0 Å². The minimum absolute atomic E-state index is 0. The first-order chi connectivity index (χ1) is 7.49. The van der Waals surface area contributed by atoms with Gasteiger partial charge >= 0.3 is 0 Å². The van der Waals surface area contributed by atoms with Gasteiger partial charge in [-0.05, 0) is 26.7 Å². The largest absolute Gasteiger partial charge is 0.354 e. The molecule has 102 valence electrons. The molecule has 1 aliphatic carbocycles. The molecule has 1 rings (SSSR count). The molecule has 1 amide bonds. The number of carbonyl (C=O) groups excluding carboxylic acids is 1. The Morgan fingerprint density at radius 3 is 2.12 bits per heavy atom. The lowest BCUT2D eigenvalue weighted by molar-refractivity contribution is -0.125. The SMILES string of the molecule is CC(C)(N)CNC(=O)C1CCCCCCC1.Cl. The summed E-state index contributed by atoms with van der Waals surface area (Å²) in [5, 5.41) is 2.98. The molecule has 0 bridgehead atoms. The summed E-state index contributed by atoms with van der Waals surface area (Å²) in [5.41, 5.74) is 5.55. The van der Waals surface area contributed by atoms with Gasteiger partial charge in [0.2, 0.25) is 5.91 Å². The molecule has 1 fully saturated rings. The summed E-state index contributed by atoms with van der Waals surface area (Å²) in [6.45, 7) is 4.44. The molecule has 0 aromatic heterocycles. The van der Waals surface area contributed by atoms with Crippen molar-refractivity contribution in [3.63, 3.8) is 0 Å². The van der Waals surface area contributed by atoms with Crippen molar-refractivity contribution >= 4 is 18.3 Å². The fraction of sp³-hybridized carbons (Fsp3) is 0.923. The van der Waals surface area contributed by atoms with E-state index in [9.17, 15) is 4.79 Å². The number of amides is 1. The van der Waals surface area contributed by atoms with E-state index in [4.69, 9.17) is 5.73 Å². The van der Waals surface area contributed by atoms with Gasteiger partial charge in [-0.1, -0.05) is 32.1 Å². The highest BCUT2D eigenvalue weighted by atomic mass is 35.5. The van der Waals surface area contributed by atoms with Crippen molar-refractivity contribution in [2.24, 2.45) is 11.7 Å². The summed E-state index contributed by atoms with van der Waals surface area (Å²) in [6, 6.07) is 0. The fourth-order valence-corrected chi connectivity index (χ4v) is 2.18. The zero-order valence-electron chi connectivity index (χ0n) is 11.1. The maximum atomic E-state index is 11.9. The smallest absolute Gasteiger partial charge is 0.223 e. The van der Waals surface area contributed by atoms with Gasteiger partial charge in [-0.25, -0.2) is 0 Å². The topological polar surface area (TPSA) is 55.1 Å². The normalized spacial score (nSPS) is 18.8. The molecule has 0 heterocycles. The third-order valence-corrected chi connectivity index (χ3v) is 3.19. The lowest BCUT2D eigenvalue weighted by Gasteiger charge is -2.23. The Morgan fingerprint density at radius 1 is 1.18 bits per heavy atom. The third-order valence-electron chi connectivity index (χ3n) is 3.19. The minimum Gasteiger partial charge on any atom is -0.354 e. The summed E-state index contributed by atoms with van der Waals surface area (Å²) in [7, 11) is 0. The van der Waals surface area contributed by atoms with Gasteiger partial charge in [-0.15, -0.1) is 12.4 Å².